The fourth-order valence-electron chi connectivity index (χ4n) is 2.96. The molecule has 0 radical (unpaired) electrons. The number of benzene rings is 3. The van der Waals surface area contributed by atoms with Crippen molar-refractivity contribution in [3.63, 3.8) is 0 Å². The van der Waals surface area contributed by atoms with Crippen molar-refractivity contribution >= 4 is 17.6 Å². The van der Waals surface area contributed by atoms with Crippen molar-refractivity contribution < 1.29 is 18.7 Å². The monoisotopic (exact) mass is 391 g/mol. The SMILES string of the molecule is Cc1ccc(C)c(NC(=O)[C@@H](OC(=O)Cc2cccc(F)c2)c2ccccc2)c1. The maximum absolute atomic E-state index is 13.4. The minimum atomic E-state index is -1.11. The molecule has 0 bridgehead atoms. The topological polar surface area (TPSA) is 55.4 Å². The molecule has 0 aliphatic heterocycles. The third kappa shape index (κ3) is 5.51. The number of aryl methyl sites for hydroxylation is 2. The molecule has 1 N–H and O–H groups in total. The highest BCUT2D eigenvalue weighted by Crippen LogP contribution is 2.23. The Hall–Kier alpha value is -3.47. The van der Waals surface area contributed by atoms with Crippen LogP contribution in [0.2, 0.25) is 0 Å². The van der Waals surface area contributed by atoms with Crippen LogP contribution in [0.15, 0.2) is 72.8 Å². The van der Waals surface area contributed by atoms with Gasteiger partial charge in [0, 0.05) is 11.3 Å². The lowest BCUT2D eigenvalue weighted by molar-refractivity contribution is -0.154. The van der Waals surface area contributed by atoms with E-state index in [-0.39, 0.29) is 6.42 Å². The van der Waals surface area contributed by atoms with Crippen LogP contribution in [0.3, 0.4) is 0 Å². The van der Waals surface area contributed by atoms with Gasteiger partial charge in [0.2, 0.25) is 6.10 Å². The number of ether oxygens (including phenoxy) is 1. The number of carbonyl (C=O) groups is 2. The number of anilines is 1. The molecule has 1 amide bonds. The summed E-state index contributed by atoms with van der Waals surface area (Å²) in [4.78, 5) is 25.4. The number of rotatable bonds is 6. The van der Waals surface area contributed by atoms with Gasteiger partial charge < -0.3 is 10.1 Å². The highest BCUT2D eigenvalue weighted by Gasteiger charge is 2.25. The maximum Gasteiger partial charge on any atom is 0.311 e. The molecular formula is C24H22FNO3. The lowest BCUT2D eigenvalue weighted by Gasteiger charge is -2.19. The first-order valence-electron chi connectivity index (χ1n) is 9.29. The Bertz CT molecular complexity index is 1020. The molecular weight excluding hydrogens is 369 g/mol. The Morgan fingerprint density at radius 2 is 1.72 bits per heavy atom. The van der Waals surface area contributed by atoms with E-state index in [1.807, 2.05) is 38.1 Å². The Balaban J connectivity index is 1.80. The summed E-state index contributed by atoms with van der Waals surface area (Å²) >= 11 is 0. The van der Waals surface area contributed by atoms with Crippen LogP contribution in [-0.4, -0.2) is 11.9 Å². The Labute approximate surface area is 169 Å². The normalized spacial score (nSPS) is 11.6. The third-order valence-corrected chi connectivity index (χ3v) is 4.48. The van der Waals surface area contributed by atoms with E-state index in [1.54, 1.807) is 30.3 Å². The number of carbonyl (C=O) groups excluding carboxylic acids is 2. The van der Waals surface area contributed by atoms with Crippen LogP contribution in [0.4, 0.5) is 10.1 Å². The summed E-state index contributed by atoms with van der Waals surface area (Å²) < 4.78 is 18.9. The summed E-state index contributed by atoms with van der Waals surface area (Å²) in [6, 6.07) is 20.3. The van der Waals surface area contributed by atoms with E-state index in [4.69, 9.17) is 4.74 Å². The molecule has 0 spiro atoms. The van der Waals surface area contributed by atoms with Crippen molar-refractivity contribution in [1.82, 2.24) is 0 Å². The van der Waals surface area contributed by atoms with Crippen molar-refractivity contribution in [3.8, 4) is 0 Å². The highest BCUT2D eigenvalue weighted by molar-refractivity contribution is 5.96. The summed E-state index contributed by atoms with van der Waals surface area (Å²) in [5.74, 6) is -1.49. The van der Waals surface area contributed by atoms with E-state index >= 15 is 0 Å². The molecule has 0 fully saturated rings. The molecule has 3 aromatic rings. The number of hydrogen-bond donors (Lipinski definition) is 1. The molecule has 0 heterocycles. The molecule has 0 aliphatic rings. The van der Waals surface area contributed by atoms with E-state index in [0.29, 0.717) is 16.8 Å². The molecule has 0 aromatic heterocycles. The minimum Gasteiger partial charge on any atom is -0.447 e. The molecule has 0 saturated heterocycles. The van der Waals surface area contributed by atoms with Gasteiger partial charge in [0.15, 0.2) is 0 Å². The molecule has 148 valence electrons. The first-order chi connectivity index (χ1) is 13.9. The quantitative estimate of drug-likeness (QED) is 0.608. The molecule has 0 aliphatic carbocycles. The Morgan fingerprint density at radius 3 is 2.45 bits per heavy atom. The fourth-order valence-corrected chi connectivity index (χ4v) is 2.96. The van der Waals surface area contributed by atoms with Gasteiger partial charge in [-0.1, -0.05) is 54.6 Å². The van der Waals surface area contributed by atoms with Crippen LogP contribution in [0.25, 0.3) is 0 Å². The van der Waals surface area contributed by atoms with Crippen molar-refractivity contribution in [1.29, 1.82) is 0 Å². The number of halogens is 1. The summed E-state index contributed by atoms with van der Waals surface area (Å²) in [5.41, 5.74) is 3.61. The van der Waals surface area contributed by atoms with Crippen molar-refractivity contribution in [2.45, 2.75) is 26.4 Å². The van der Waals surface area contributed by atoms with Crippen LogP contribution in [-0.2, 0) is 20.7 Å². The Kier molecular flexibility index (Phi) is 6.39. The van der Waals surface area contributed by atoms with Gasteiger partial charge >= 0.3 is 5.97 Å². The van der Waals surface area contributed by atoms with Gasteiger partial charge in [0.25, 0.3) is 5.91 Å². The molecule has 3 aromatic carbocycles. The summed E-state index contributed by atoms with van der Waals surface area (Å²) in [6.07, 6.45) is -1.24. The largest absolute Gasteiger partial charge is 0.447 e. The zero-order chi connectivity index (χ0) is 20.8. The van der Waals surface area contributed by atoms with Crippen LogP contribution >= 0.6 is 0 Å². The average molecular weight is 391 g/mol. The number of hydrogen-bond acceptors (Lipinski definition) is 3. The third-order valence-electron chi connectivity index (χ3n) is 4.48. The highest BCUT2D eigenvalue weighted by atomic mass is 19.1. The number of nitrogens with one attached hydrogen (secondary N) is 1. The zero-order valence-electron chi connectivity index (χ0n) is 16.3. The van der Waals surface area contributed by atoms with Gasteiger partial charge in [0.05, 0.1) is 6.42 Å². The smallest absolute Gasteiger partial charge is 0.311 e. The van der Waals surface area contributed by atoms with Gasteiger partial charge in [0.1, 0.15) is 5.82 Å². The molecule has 4 nitrogen and oxygen atoms in total. The second-order valence-electron chi connectivity index (χ2n) is 6.89. The predicted molar refractivity (Wildman–Crippen MR) is 110 cm³/mol. The van der Waals surface area contributed by atoms with E-state index < -0.39 is 23.8 Å². The molecule has 0 saturated carbocycles. The first-order valence-corrected chi connectivity index (χ1v) is 9.29. The zero-order valence-corrected chi connectivity index (χ0v) is 16.3. The minimum absolute atomic E-state index is 0.127. The molecule has 3 rings (SSSR count). The van der Waals surface area contributed by atoms with E-state index in [9.17, 15) is 14.0 Å². The lowest BCUT2D eigenvalue weighted by Crippen LogP contribution is -2.26. The molecule has 29 heavy (non-hydrogen) atoms. The maximum atomic E-state index is 13.4. The van der Waals surface area contributed by atoms with Crippen LogP contribution in [0.5, 0.6) is 0 Å². The van der Waals surface area contributed by atoms with Gasteiger partial charge in [-0.15, -0.1) is 0 Å². The average Bonchev–Trinajstić information content (AvgIpc) is 2.69. The van der Waals surface area contributed by atoms with Crippen LogP contribution in [0.1, 0.15) is 28.4 Å². The van der Waals surface area contributed by atoms with Crippen LogP contribution in [0, 0.1) is 19.7 Å². The van der Waals surface area contributed by atoms with Gasteiger partial charge in [-0.25, -0.2) is 4.39 Å². The van der Waals surface area contributed by atoms with Crippen molar-refractivity contribution in [2.24, 2.45) is 0 Å². The van der Waals surface area contributed by atoms with Crippen LogP contribution < -0.4 is 5.32 Å². The Morgan fingerprint density at radius 1 is 0.966 bits per heavy atom. The number of amides is 1. The van der Waals surface area contributed by atoms with E-state index in [2.05, 4.69) is 5.32 Å². The van der Waals surface area contributed by atoms with Crippen molar-refractivity contribution in [2.75, 3.05) is 5.32 Å². The first kappa shape index (κ1) is 20.3. The lowest BCUT2D eigenvalue weighted by atomic mass is 10.1. The van der Waals surface area contributed by atoms with Crippen molar-refractivity contribution in [3.05, 3.63) is 101 Å². The molecule has 0 unspecified atom stereocenters. The fraction of sp³-hybridized carbons (Fsp3) is 0.167. The van der Waals surface area contributed by atoms with Gasteiger partial charge in [-0.2, -0.15) is 0 Å². The second-order valence-corrected chi connectivity index (χ2v) is 6.89. The van der Waals surface area contributed by atoms with Gasteiger partial charge in [-0.05, 0) is 48.7 Å². The molecule has 1 atom stereocenters. The van der Waals surface area contributed by atoms with E-state index in [0.717, 1.165) is 11.1 Å². The summed E-state index contributed by atoms with van der Waals surface area (Å²) in [6.45, 7) is 3.82. The van der Waals surface area contributed by atoms with Gasteiger partial charge in [-0.3, -0.25) is 9.59 Å². The standard InChI is InChI=1S/C24H22FNO3/c1-16-11-12-17(2)21(13-16)26-24(28)23(19-8-4-3-5-9-19)29-22(27)15-18-7-6-10-20(25)14-18/h3-14,23H,15H2,1-2H3,(H,26,28)/t23-/m0/s1. The predicted octanol–water partition coefficient (Wildman–Crippen LogP) is 4.91. The summed E-state index contributed by atoms with van der Waals surface area (Å²) in [7, 11) is 0. The second kappa shape index (κ2) is 9.15. The number of esters is 1. The molecule has 5 heteroatoms. The summed E-state index contributed by atoms with van der Waals surface area (Å²) in [5, 5.41) is 2.85. The van der Waals surface area contributed by atoms with E-state index in [1.165, 1.54) is 18.2 Å².